The second-order valence-electron chi connectivity index (χ2n) is 6.03. The normalized spacial score (nSPS) is 14.8. The first-order valence-corrected chi connectivity index (χ1v) is 8.91. The first-order chi connectivity index (χ1) is 12.2. The molecule has 0 aliphatic carbocycles. The van der Waals surface area contributed by atoms with Crippen molar-refractivity contribution in [3.8, 4) is 6.07 Å². The van der Waals surface area contributed by atoms with Crippen LogP contribution in [-0.4, -0.2) is 59.6 Å². The van der Waals surface area contributed by atoms with Gasteiger partial charge in [-0.3, -0.25) is 4.40 Å². The molecule has 1 aliphatic heterocycles. The zero-order valence-electron chi connectivity index (χ0n) is 14.1. The molecule has 0 amide bonds. The molecule has 0 N–H and O–H groups in total. The van der Waals surface area contributed by atoms with Gasteiger partial charge in [0.15, 0.2) is 16.5 Å². The van der Waals surface area contributed by atoms with Gasteiger partial charge in [-0.1, -0.05) is 0 Å². The molecule has 1 fully saturated rings. The lowest BCUT2D eigenvalue weighted by Crippen LogP contribution is -2.47. The Kier molecular flexibility index (Phi) is 3.89. The summed E-state index contributed by atoms with van der Waals surface area (Å²) in [5, 5.41) is 11.4. The summed E-state index contributed by atoms with van der Waals surface area (Å²) in [5.41, 5.74) is 0.607. The highest BCUT2D eigenvalue weighted by Gasteiger charge is 2.24. The molecule has 0 bridgehead atoms. The van der Waals surface area contributed by atoms with Crippen molar-refractivity contribution in [2.24, 2.45) is 0 Å². The highest BCUT2D eigenvalue weighted by molar-refractivity contribution is 7.15. The van der Waals surface area contributed by atoms with Gasteiger partial charge in [-0.15, -0.1) is 11.3 Å². The van der Waals surface area contributed by atoms with Gasteiger partial charge in [0, 0.05) is 58.0 Å². The number of hydrogen-bond donors (Lipinski definition) is 0. The fraction of sp³-hybridized carbons (Fsp3) is 0.375. The minimum absolute atomic E-state index is 0.607. The third-order valence-corrected chi connectivity index (χ3v) is 5.05. The van der Waals surface area contributed by atoms with Crippen LogP contribution in [0.5, 0.6) is 0 Å². The van der Waals surface area contributed by atoms with E-state index >= 15 is 0 Å². The molecule has 4 rings (SSSR count). The van der Waals surface area contributed by atoms with E-state index in [4.69, 9.17) is 0 Å². The minimum Gasteiger partial charge on any atom is -0.363 e. The highest BCUT2D eigenvalue weighted by Crippen LogP contribution is 2.25. The number of hydrogen-bond acceptors (Lipinski definition) is 8. The van der Waals surface area contributed by atoms with Gasteiger partial charge < -0.3 is 14.7 Å². The molecule has 4 heterocycles. The van der Waals surface area contributed by atoms with Crippen LogP contribution in [0.4, 0.5) is 17.6 Å². The number of thiazole rings is 1. The van der Waals surface area contributed by atoms with Crippen LogP contribution in [0.15, 0.2) is 23.8 Å². The van der Waals surface area contributed by atoms with Crippen molar-refractivity contribution in [1.29, 1.82) is 5.26 Å². The van der Waals surface area contributed by atoms with Gasteiger partial charge in [0.25, 0.3) is 0 Å². The summed E-state index contributed by atoms with van der Waals surface area (Å²) in [7, 11) is 3.94. The zero-order chi connectivity index (χ0) is 17.4. The van der Waals surface area contributed by atoms with Crippen LogP contribution < -0.4 is 14.7 Å². The number of nitriles is 1. The zero-order valence-corrected chi connectivity index (χ0v) is 14.9. The number of imidazole rings is 1. The Balaban J connectivity index is 1.52. The Morgan fingerprint density at radius 3 is 2.64 bits per heavy atom. The molecule has 0 aromatic carbocycles. The van der Waals surface area contributed by atoms with Gasteiger partial charge in [-0.2, -0.15) is 15.2 Å². The van der Waals surface area contributed by atoms with E-state index in [9.17, 15) is 5.26 Å². The van der Waals surface area contributed by atoms with E-state index in [0.29, 0.717) is 5.69 Å². The molecule has 25 heavy (non-hydrogen) atoms. The fourth-order valence-electron chi connectivity index (χ4n) is 2.96. The van der Waals surface area contributed by atoms with Crippen LogP contribution >= 0.6 is 11.3 Å². The second kappa shape index (κ2) is 6.22. The van der Waals surface area contributed by atoms with E-state index in [0.717, 1.165) is 48.7 Å². The second-order valence-corrected chi connectivity index (χ2v) is 6.91. The molecule has 3 aromatic rings. The van der Waals surface area contributed by atoms with Crippen molar-refractivity contribution in [1.82, 2.24) is 19.4 Å². The van der Waals surface area contributed by atoms with Crippen LogP contribution in [0.3, 0.4) is 0 Å². The van der Waals surface area contributed by atoms with Crippen LogP contribution in [0.1, 0.15) is 5.69 Å². The summed E-state index contributed by atoms with van der Waals surface area (Å²) in [6.07, 6.45) is 3.69. The van der Waals surface area contributed by atoms with E-state index in [1.54, 1.807) is 17.5 Å². The molecule has 0 radical (unpaired) electrons. The van der Waals surface area contributed by atoms with E-state index in [1.807, 2.05) is 41.0 Å². The minimum atomic E-state index is 0.607. The van der Waals surface area contributed by atoms with E-state index in [-0.39, 0.29) is 0 Å². The highest BCUT2D eigenvalue weighted by atomic mass is 32.1. The van der Waals surface area contributed by atoms with E-state index in [2.05, 4.69) is 30.8 Å². The Morgan fingerprint density at radius 1 is 1.16 bits per heavy atom. The lowest BCUT2D eigenvalue weighted by Gasteiger charge is -2.35. The van der Waals surface area contributed by atoms with Gasteiger partial charge in [0.1, 0.15) is 11.9 Å². The lowest BCUT2D eigenvalue weighted by atomic mass is 10.3. The van der Waals surface area contributed by atoms with Crippen molar-refractivity contribution in [3.63, 3.8) is 0 Å². The number of nitrogens with zero attached hydrogens (tertiary/aromatic N) is 8. The van der Waals surface area contributed by atoms with Gasteiger partial charge in [0.05, 0.1) is 0 Å². The van der Waals surface area contributed by atoms with Crippen molar-refractivity contribution in [2.45, 2.75) is 0 Å². The largest absolute Gasteiger partial charge is 0.363 e. The van der Waals surface area contributed by atoms with Gasteiger partial charge in [-0.05, 0) is 6.07 Å². The third-order valence-electron chi connectivity index (χ3n) is 4.30. The molecule has 1 saturated heterocycles. The van der Waals surface area contributed by atoms with Crippen molar-refractivity contribution >= 4 is 33.9 Å². The predicted molar refractivity (Wildman–Crippen MR) is 98.6 cm³/mol. The maximum absolute atomic E-state index is 9.50. The average molecular weight is 354 g/mol. The van der Waals surface area contributed by atoms with Gasteiger partial charge >= 0.3 is 0 Å². The topological polar surface area (TPSA) is 76.6 Å². The summed E-state index contributed by atoms with van der Waals surface area (Å²) in [4.78, 5) is 20.8. The van der Waals surface area contributed by atoms with Crippen LogP contribution in [0.25, 0.3) is 4.96 Å². The number of anilines is 3. The SMILES string of the molecule is CN(C)c1ccnc(N2CCN(c3nc4sccn4c3C#N)CC2)n1. The monoisotopic (exact) mass is 354 g/mol. The van der Waals surface area contributed by atoms with Crippen molar-refractivity contribution < 1.29 is 0 Å². The average Bonchev–Trinajstić information content (AvgIpc) is 3.22. The third kappa shape index (κ3) is 2.74. The Hall–Kier alpha value is -2.86. The van der Waals surface area contributed by atoms with Crippen molar-refractivity contribution in [3.05, 3.63) is 29.5 Å². The first kappa shape index (κ1) is 15.7. The molecule has 0 spiro atoms. The Morgan fingerprint density at radius 2 is 1.92 bits per heavy atom. The summed E-state index contributed by atoms with van der Waals surface area (Å²) >= 11 is 1.54. The molecule has 0 saturated carbocycles. The lowest BCUT2D eigenvalue weighted by molar-refractivity contribution is 0.635. The maximum atomic E-state index is 9.50. The molecule has 128 valence electrons. The summed E-state index contributed by atoms with van der Waals surface area (Å²) in [5.74, 6) is 2.42. The van der Waals surface area contributed by atoms with Crippen molar-refractivity contribution in [2.75, 3.05) is 55.0 Å². The Bertz CT molecular complexity index is 929. The number of rotatable bonds is 3. The molecule has 8 nitrogen and oxygen atoms in total. The molecular formula is C16H18N8S. The maximum Gasteiger partial charge on any atom is 0.227 e. The van der Waals surface area contributed by atoms with Crippen LogP contribution in [0, 0.1) is 11.3 Å². The summed E-state index contributed by atoms with van der Waals surface area (Å²) < 4.78 is 1.86. The van der Waals surface area contributed by atoms with Crippen LogP contribution in [0.2, 0.25) is 0 Å². The predicted octanol–water partition coefficient (Wildman–Crippen LogP) is 1.45. The summed E-state index contributed by atoms with van der Waals surface area (Å²) in [6.45, 7) is 3.17. The first-order valence-electron chi connectivity index (χ1n) is 8.03. The quantitative estimate of drug-likeness (QED) is 0.704. The molecule has 1 aliphatic rings. The smallest absolute Gasteiger partial charge is 0.227 e. The van der Waals surface area contributed by atoms with E-state index in [1.165, 1.54) is 0 Å². The molecule has 9 heteroatoms. The van der Waals surface area contributed by atoms with Crippen LogP contribution in [-0.2, 0) is 0 Å². The number of piperazine rings is 1. The molecular weight excluding hydrogens is 336 g/mol. The fourth-order valence-corrected chi connectivity index (χ4v) is 3.67. The molecule has 3 aromatic heterocycles. The standard InChI is InChI=1S/C16H18N8S/c1-21(2)13-3-4-18-15(19-13)23-7-5-22(6-8-23)14-12(11-17)24-9-10-25-16(24)20-14/h3-4,9-10H,5-8H2,1-2H3. The van der Waals surface area contributed by atoms with E-state index < -0.39 is 0 Å². The van der Waals surface area contributed by atoms with Gasteiger partial charge in [-0.25, -0.2) is 4.98 Å². The summed E-state index contributed by atoms with van der Waals surface area (Å²) in [6, 6.07) is 4.19. The molecule has 0 atom stereocenters. The van der Waals surface area contributed by atoms with Gasteiger partial charge in [0.2, 0.25) is 5.95 Å². The number of fused-ring (bicyclic) bond motifs is 1. The molecule has 0 unspecified atom stereocenters. The number of aromatic nitrogens is 4. The Labute approximate surface area is 149 Å².